The summed E-state index contributed by atoms with van der Waals surface area (Å²) in [4.78, 5) is 3.81. The molecular weight excluding hydrogens is 314 g/mol. The maximum absolute atomic E-state index is 12.2. The molecule has 2 aromatic rings. The van der Waals surface area contributed by atoms with Crippen LogP contribution in [0.25, 0.3) is 0 Å². The molecule has 0 amide bonds. The average molecular weight is 328 g/mol. The second-order valence-corrected chi connectivity index (χ2v) is 6.90. The van der Waals surface area contributed by atoms with Gasteiger partial charge in [-0.2, -0.15) is 0 Å². The van der Waals surface area contributed by atoms with Gasteiger partial charge in [0.05, 0.1) is 6.33 Å². The van der Waals surface area contributed by atoms with Gasteiger partial charge in [-0.05, 0) is 11.6 Å². The molecular formula is C13H14ClN3O3S. The molecule has 0 radical (unpaired) electrons. The summed E-state index contributed by atoms with van der Waals surface area (Å²) in [5.41, 5.74) is 1.08. The lowest BCUT2D eigenvalue weighted by Crippen LogP contribution is -2.34. The first-order valence-corrected chi connectivity index (χ1v) is 8.24. The largest absolute Gasteiger partial charge is 0.488 e. The Morgan fingerprint density at radius 1 is 1.48 bits per heavy atom. The molecule has 6 nitrogen and oxygen atoms in total. The highest BCUT2D eigenvalue weighted by atomic mass is 35.5. The topological polar surface area (TPSA) is 73.2 Å². The van der Waals surface area contributed by atoms with Gasteiger partial charge in [0.25, 0.3) is 10.0 Å². The van der Waals surface area contributed by atoms with Gasteiger partial charge in [-0.3, -0.25) is 0 Å². The van der Waals surface area contributed by atoms with Crippen molar-refractivity contribution in [2.45, 2.75) is 17.6 Å². The molecule has 0 saturated heterocycles. The van der Waals surface area contributed by atoms with Gasteiger partial charge in [0, 0.05) is 20.0 Å². The summed E-state index contributed by atoms with van der Waals surface area (Å²) in [5.74, 6) is 0.803. The highest BCUT2D eigenvalue weighted by molar-refractivity contribution is 7.89. The van der Waals surface area contributed by atoms with Crippen LogP contribution in [0.15, 0.2) is 35.6 Å². The molecule has 1 aliphatic heterocycles. The van der Waals surface area contributed by atoms with E-state index in [1.807, 2.05) is 24.3 Å². The molecule has 3 rings (SSSR count). The van der Waals surface area contributed by atoms with Crippen molar-refractivity contribution in [1.82, 2.24) is 14.3 Å². The number of aromatic nitrogens is 2. The highest BCUT2D eigenvalue weighted by Gasteiger charge is 2.27. The lowest BCUT2D eigenvalue weighted by atomic mass is 10.1. The van der Waals surface area contributed by atoms with Gasteiger partial charge >= 0.3 is 0 Å². The number of sulfonamides is 1. The van der Waals surface area contributed by atoms with Crippen LogP contribution in [0.4, 0.5) is 0 Å². The van der Waals surface area contributed by atoms with Gasteiger partial charge in [0.2, 0.25) is 5.03 Å². The van der Waals surface area contributed by atoms with Crippen LogP contribution in [0.2, 0.25) is 5.15 Å². The Balaban J connectivity index is 1.68. The molecule has 1 unspecified atom stereocenters. The molecule has 1 aromatic carbocycles. The number of rotatable bonds is 4. The molecule has 0 aliphatic carbocycles. The fraction of sp³-hybridized carbons (Fsp3) is 0.308. The van der Waals surface area contributed by atoms with Crippen molar-refractivity contribution in [3.05, 3.63) is 41.3 Å². The normalized spacial score (nSPS) is 17.5. The van der Waals surface area contributed by atoms with Gasteiger partial charge < -0.3 is 9.30 Å². The number of benzene rings is 1. The molecule has 0 fully saturated rings. The summed E-state index contributed by atoms with van der Waals surface area (Å²) in [6.07, 6.45) is 1.81. The molecule has 0 bridgehead atoms. The van der Waals surface area contributed by atoms with Gasteiger partial charge in [-0.1, -0.05) is 29.8 Å². The fourth-order valence-corrected chi connectivity index (χ4v) is 3.70. The predicted octanol–water partition coefficient (Wildman–Crippen LogP) is 1.36. The Kier molecular flexibility index (Phi) is 3.64. The number of hydrogen-bond acceptors (Lipinski definition) is 4. The van der Waals surface area contributed by atoms with Crippen LogP contribution < -0.4 is 9.46 Å². The summed E-state index contributed by atoms with van der Waals surface area (Å²) < 4.78 is 34.0. The van der Waals surface area contributed by atoms with E-state index in [2.05, 4.69) is 9.71 Å². The standard InChI is InChI=1S/C13H14ClN3O3S/c1-17-8-15-13(12(17)14)21(18,19)16-7-10-6-9-4-2-3-5-11(9)20-10/h2-5,8,10,16H,6-7H2,1H3. The van der Waals surface area contributed by atoms with E-state index in [9.17, 15) is 8.42 Å². The molecule has 2 heterocycles. The van der Waals surface area contributed by atoms with Gasteiger partial charge in [0.1, 0.15) is 17.0 Å². The van der Waals surface area contributed by atoms with Crippen molar-refractivity contribution in [3.63, 3.8) is 0 Å². The number of imidazole rings is 1. The first-order valence-electron chi connectivity index (χ1n) is 6.38. The van der Waals surface area contributed by atoms with E-state index >= 15 is 0 Å². The van der Waals surface area contributed by atoms with Crippen molar-refractivity contribution in [2.24, 2.45) is 7.05 Å². The van der Waals surface area contributed by atoms with E-state index in [-0.39, 0.29) is 22.8 Å². The van der Waals surface area contributed by atoms with Crippen LogP contribution in [-0.4, -0.2) is 30.6 Å². The zero-order valence-electron chi connectivity index (χ0n) is 11.3. The van der Waals surface area contributed by atoms with E-state index in [1.54, 1.807) is 7.05 Å². The van der Waals surface area contributed by atoms with E-state index in [0.717, 1.165) is 11.3 Å². The third-order valence-corrected chi connectivity index (χ3v) is 5.22. The maximum Gasteiger partial charge on any atom is 0.261 e. The second-order valence-electron chi connectivity index (χ2n) is 4.86. The fourth-order valence-electron chi connectivity index (χ4n) is 2.21. The van der Waals surface area contributed by atoms with Gasteiger partial charge in [0.15, 0.2) is 0 Å². The van der Waals surface area contributed by atoms with Crippen molar-refractivity contribution >= 4 is 21.6 Å². The quantitative estimate of drug-likeness (QED) is 0.920. The summed E-state index contributed by atoms with van der Waals surface area (Å²) in [5, 5.41) is -0.0831. The Labute approximate surface area is 127 Å². The number of ether oxygens (including phenoxy) is 1. The number of fused-ring (bicyclic) bond motifs is 1. The third-order valence-electron chi connectivity index (χ3n) is 3.30. The summed E-state index contributed by atoms with van der Waals surface area (Å²) in [7, 11) is -2.11. The van der Waals surface area contributed by atoms with Crippen LogP contribution in [0, 0.1) is 0 Å². The van der Waals surface area contributed by atoms with Gasteiger partial charge in [-0.15, -0.1) is 0 Å². The van der Waals surface area contributed by atoms with Crippen LogP contribution >= 0.6 is 11.6 Å². The number of halogens is 1. The van der Waals surface area contributed by atoms with Gasteiger partial charge in [-0.25, -0.2) is 18.1 Å². The van der Waals surface area contributed by atoms with Crippen molar-refractivity contribution < 1.29 is 13.2 Å². The van der Waals surface area contributed by atoms with Crippen LogP contribution in [-0.2, 0) is 23.5 Å². The molecule has 1 aromatic heterocycles. The Bertz CT molecular complexity index is 748. The molecule has 21 heavy (non-hydrogen) atoms. The lowest BCUT2D eigenvalue weighted by Gasteiger charge is -2.11. The van der Waals surface area contributed by atoms with Crippen molar-refractivity contribution in [1.29, 1.82) is 0 Å². The van der Waals surface area contributed by atoms with E-state index in [4.69, 9.17) is 16.3 Å². The maximum atomic E-state index is 12.2. The molecule has 1 aliphatic rings. The summed E-state index contributed by atoms with van der Waals surface area (Å²) in [6, 6.07) is 7.67. The Morgan fingerprint density at radius 3 is 2.90 bits per heavy atom. The Hall–Kier alpha value is -1.57. The molecule has 0 spiro atoms. The van der Waals surface area contributed by atoms with Crippen molar-refractivity contribution in [2.75, 3.05) is 6.54 Å². The molecule has 0 saturated carbocycles. The second kappa shape index (κ2) is 5.32. The number of nitrogens with zero attached hydrogens (tertiary/aromatic N) is 2. The molecule has 1 atom stereocenters. The van der Waals surface area contributed by atoms with E-state index < -0.39 is 10.0 Å². The van der Waals surface area contributed by atoms with E-state index in [0.29, 0.717) is 6.42 Å². The monoisotopic (exact) mass is 327 g/mol. The predicted molar refractivity (Wildman–Crippen MR) is 78.0 cm³/mol. The number of para-hydroxylation sites is 1. The summed E-state index contributed by atoms with van der Waals surface area (Å²) >= 11 is 5.91. The van der Waals surface area contributed by atoms with Crippen molar-refractivity contribution in [3.8, 4) is 5.75 Å². The smallest absolute Gasteiger partial charge is 0.261 e. The first-order chi connectivity index (χ1) is 9.97. The van der Waals surface area contributed by atoms with Crippen LogP contribution in [0.5, 0.6) is 5.75 Å². The zero-order valence-corrected chi connectivity index (χ0v) is 12.9. The zero-order chi connectivity index (χ0) is 15.0. The minimum absolute atomic E-state index is 0.0816. The molecule has 112 valence electrons. The lowest BCUT2D eigenvalue weighted by molar-refractivity contribution is 0.236. The Morgan fingerprint density at radius 2 is 2.24 bits per heavy atom. The van der Waals surface area contributed by atoms with Crippen LogP contribution in [0.1, 0.15) is 5.56 Å². The minimum atomic E-state index is -3.74. The van der Waals surface area contributed by atoms with E-state index in [1.165, 1.54) is 10.9 Å². The highest BCUT2D eigenvalue weighted by Crippen LogP contribution is 2.28. The first kappa shape index (κ1) is 14.4. The number of hydrogen-bond donors (Lipinski definition) is 1. The number of nitrogens with one attached hydrogen (secondary N) is 1. The minimum Gasteiger partial charge on any atom is -0.488 e. The number of aryl methyl sites for hydroxylation is 1. The SMILES string of the molecule is Cn1cnc(S(=O)(=O)NCC2Cc3ccccc3O2)c1Cl. The average Bonchev–Trinajstić information content (AvgIpc) is 3.01. The summed E-state index contributed by atoms with van der Waals surface area (Å²) in [6.45, 7) is 0.171. The molecule has 1 N–H and O–H groups in total. The third kappa shape index (κ3) is 2.76. The van der Waals surface area contributed by atoms with Crippen LogP contribution in [0.3, 0.4) is 0 Å². The molecule has 8 heteroatoms.